The van der Waals surface area contributed by atoms with Gasteiger partial charge in [-0.05, 0) is 31.4 Å². The first-order chi connectivity index (χ1) is 8.16. The highest BCUT2D eigenvalue weighted by atomic mass is 32.1. The molecule has 2 rings (SSSR count). The first-order valence-electron chi connectivity index (χ1n) is 5.68. The molecule has 0 radical (unpaired) electrons. The highest BCUT2D eigenvalue weighted by Crippen LogP contribution is 2.19. The van der Waals surface area contributed by atoms with Crippen molar-refractivity contribution in [1.82, 2.24) is 5.32 Å². The Morgan fingerprint density at radius 3 is 2.88 bits per heavy atom. The summed E-state index contributed by atoms with van der Waals surface area (Å²) in [6.07, 6.45) is 0. The number of halogens is 1. The molecule has 0 aliphatic carbocycles. The van der Waals surface area contributed by atoms with E-state index in [4.69, 9.17) is 0 Å². The molecule has 1 heterocycles. The summed E-state index contributed by atoms with van der Waals surface area (Å²) in [6.45, 7) is 4.64. The smallest absolute Gasteiger partial charge is 0.127 e. The van der Waals surface area contributed by atoms with Gasteiger partial charge >= 0.3 is 0 Å². The molecule has 0 bridgehead atoms. The lowest BCUT2D eigenvalue weighted by atomic mass is 10.1. The molecular weight excluding hydrogens is 233 g/mol. The summed E-state index contributed by atoms with van der Waals surface area (Å²) in [5.41, 5.74) is 1.82. The van der Waals surface area contributed by atoms with Crippen molar-refractivity contribution in [2.75, 3.05) is 0 Å². The fourth-order valence-corrected chi connectivity index (χ4v) is 2.50. The second-order valence-corrected chi connectivity index (χ2v) is 5.19. The SMILES string of the molecule is Cc1ccc(F)c(CN[C@H](C)c2cccs2)c1. The van der Waals surface area contributed by atoms with Crippen LogP contribution in [-0.4, -0.2) is 0 Å². The molecule has 0 unspecified atom stereocenters. The third-order valence-electron chi connectivity index (χ3n) is 2.77. The van der Waals surface area contributed by atoms with E-state index in [1.54, 1.807) is 17.4 Å². The van der Waals surface area contributed by atoms with Gasteiger partial charge in [0.05, 0.1) is 0 Å². The molecule has 0 amide bonds. The lowest BCUT2D eigenvalue weighted by molar-refractivity contribution is 0.548. The lowest BCUT2D eigenvalue weighted by Crippen LogP contribution is -2.18. The van der Waals surface area contributed by atoms with Crippen LogP contribution >= 0.6 is 11.3 Å². The van der Waals surface area contributed by atoms with Crippen molar-refractivity contribution in [2.45, 2.75) is 26.4 Å². The molecule has 1 aromatic heterocycles. The maximum atomic E-state index is 13.5. The van der Waals surface area contributed by atoms with Crippen molar-refractivity contribution >= 4 is 11.3 Å². The largest absolute Gasteiger partial charge is 0.305 e. The van der Waals surface area contributed by atoms with Gasteiger partial charge in [-0.2, -0.15) is 0 Å². The Kier molecular flexibility index (Phi) is 3.92. The highest BCUT2D eigenvalue weighted by molar-refractivity contribution is 7.10. The molecule has 0 spiro atoms. The number of aryl methyl sites for hydroxylation is 1. The minimum Gasteiger partial charge on any atom is -0.305 e. The predicted molar refractivity (Wildman–Crippen MR) is 70.7 cm³/mol. The van der Waals surface area contributed by atoms with Crippen LogP contribution in [0.2, 0.25) is 0 Å². The predicted octanol–water partition coefficient (Wildman–Crippen LogP) is 4.05. The van der Waals surface area contributed by atoms with E-state index < -0.39 is 0 Å². The van der Waals surface area contributed by atoms with Gasteiger partial charge in [-0.15, -0.1) is 11.3 Å². The zero-order valence-electron chi connectivity index (χ0n) is 10.0. The van der Waals surface area contributed by atoms with E-state index in [2.05, 4.69) is 23.7 Å². The average Bonchev–Trinajstić information content (AvgIpc) is 2.83. The standard InChI is InChI=1S/C14H16FNS/c1-10-5-6-13(15)12(8-10)9-16-11(2)14-4-3-7-17-14/h3-8,11,16H,9H2,1-2H3/t11-/m1/s1. The average molecular weight is 249 g/mol. The van der Waals surface area contributed by atoms with Crippen molar-refractivity contribution in [2.24, 2.45) is 0 Å². The number of hydrogen-bond donors (Lipinski definition) is 1. The quantitative estimate of drug-likeness (QED) is 0.862. The minimum atomic E-state index is -0.138. The number of hydrogen-bond acceptors (Lipinski definition) is 2. The third kappa shape index (κ3) is 3.14. The van der Waals surface area contributed by atoms with Crippen molar-refractivity contribution in [1.29, 1.82) is 0 Å². The van der Waals surface area contributed by atoms with Gasteiger partial charge in [0.1, 0.15) is 5.82 Å². The van der Waals surface area contributed by atoms with Gasteiger partial charge in [-0.25, -0.2) is 4.39 Å². The summed E-state index contributed by atoms with van der Waals surface area (Å²) >= 11 is 1.72. The molecule has 17 heavy (non-hydrogen) atoms. The van der Waals surface area contributed by atoms with Gasteiger partial charge in [0.25, 0.3) is 0 Å². The fourth-order valence-electron chi connectivity index (χ4n) is 1.74. The molecule has 90 valence electrons. The highest BCUT2D eigenvalue weighted by Gasteiger charge is 2.07. The van der Waals surface area contributed by atoms with Crippen LogP contribution in [0.4, 0.5) is 4.39 Å². The Hall–Kier alpha value is -1.19. The van der Waals surface area contributed by atoms with Crippen molar-refractivity contribution in [3.8, 4) is 0 Å². The normalized spacial score (nSPS) is 12.6. The van der Waals surface area contributed by atoms with E-state index in [9.17, 15) is 4.39 Å². The van der Waals surface area contributed by atoms with Crippen molar-refractivity contribution in [3.63, 3.8) is 0 Å². The molecule has 0 aliphatic heterocycles. The Labute approximate surface area is 105 Å². The summed E-state index contributed by atoms with van der Waals surface area (Å²) in [4.78, 5) is 1.28. The molecule has 0 saturated heterocycles. The lowest BCUT2D eigenvalue weighted by Gasteiger charge is -2.12. The maximum absolute atomic E-state index is 13.5. The van der Waals surface area contributed by atoms with Crippen LogP contribution in [0.5, 0.6) is 0 Å². The topological polar surface area (TPSA) is 12.0 Å². The van der Waals surface area contributed by atoms with Gasteiger partial charge in [0, 0.05) is 23.0 Å². The van der Waals surface area contributed by atoms with Crippen LogP contribution in [0.25, 0.3) is 0 Å². The third-order valence-corrected chi connectivity index (χ3v) is 3.82. The van der Waals surface area contributed by atoms with E-state index in [1.165, 1.54) is 10.9 Å². The van der Waals surface area contributed by atoms with Crippen LogP contribution in [0.3, 0.4) is 0 Å². The number of thiophene rings is 1. The summed E-state index contributed by atoms with van der Waals surface area (Å²) in [7, 11) is 0. The summed E-state index contributed by atoms with van der Waals surface area (Å²) in [5.74, 6) is -0.138. The molecule has 0 fully saturated rings. The molecule has 0 aliphatic rings. The Morgan fingerprint density at radius 1 is 1.35 bits per heavy atom. The van der Waals surface area contributed by atoms with Crippen LogP contribution in [-0.2, 0) is 6.54 Å². The van der Waals surface area contributed by atoms with Gasteiger partial charge in [0.15, 0.2) is 0 Å². The zero-order chi connectivity index (χ0) is 12.3. The summed E-state index contributed by atoms with van der Waals surface area (Å²) < 4.78 is 13.5. The van der Waals surface area contributed by atoms with Crippen LogP contribution < -0.4 is 5.32 Å². The molecule has 1 nitrogen and oxygen atoms in total. The summed E-state index contributed by atoms with van der Waals surface area (Å²) in [5, 5.41) is 5.40. The van der Waals surface area contributed by atoms with Gasteiger partial charge in [-0.3, -0.25) is 0 Å². The number of nitrogens with one attached hydrogen (secondary N) is 1. The second kappa shape index (κ2) is 5.43. The van der Waals surface area contributed by atoms with Crippen LogP contribution in [0.1, 0.15) is 29.0 Å². The molecule has 2 aromatic rings. The van der Waals surface area contributed by atoms with E-state index >= 15 is 0 Å². The minimum absolute atomic E-state index is 0.138. The fraction of sp³-hybridized carbons (Fsp3) is 0.286. The molecule has 1 N–H and O–H groups in total. The van der Waals surface area contributed by atoms with Crippen molar-refractivity contribution < 1.29 is 4.39 Å². The van der Waals surface area contributed by atoms with Crippen LogP contribution in [0.15, 0.2) is 35.7 Å². The molecule has 0 saturated carbocycles. The van der Waals surface area contributed by atoms with Gasteiger partial charge in [-0.1, -0.05) is 23.8 Å². The molecule has 1 aromatic carbocycles. The Bertz CT molecular complexity index is 479. The van der Waals surface area contributed by atoms with Crippen molar-refractivity contribution in [3.05, 3.63) is 57.5 Å². The van der Waals surface area contributed by atoms with E-state index in [0.717, 1.165) is 11.1 Å². The Morgan fingerprint density at radius 2 is 2.18 bits per heavy atom. The first kappa shape index (κ1) is 12.3. The monoisotopic (exact) mass is 249 g/mol. The first-order valence-corrected chi connectivity index (χ1v) is 6.56. The van der Waals surface area contributed by atoms with Gasteiger partial charge in [0.2, 0.25) is 0 Å². The molecule has 1 atom stereocenters. The molecule has 3 heteroatoms. The summed E-state index contributed by atoms with van der Waals surface area (Å²) in [6, 6.07) is 9.60. The Balaban J connectivity index is 2.00. The van der Waals surface area contributed by atoms with Gasteiger partial charge < -0.3 is 5.32 Å². The van der Waals surface area contributed by atoms with E-state index in [1.807, 2.05) is 19.1 Å². The second-order valence-electron chi connectivity index (χ2n) is 4.21. The van der Waals surface area contributed by atoms with E-state index in [0.29, 0.717) is 6.54 Å². The zero-order valence-corrected chi connectivity index (χ0v) is 10.9. The van der Waals surface area contributed by atoms with E-state index in [-0.39, 0.29) is 11.9 Å². The molecular formula is C14H16FNS. The van der Waals surface area contributed by atoms with Crippen LogP contribution in [0, 0.1) is 12.7 Å². The number of rotatable bonds is 4. The maximum Gasteiger partial charge on any atom is 0.127 e. The number of benzene rings is 1.